The second-order valence-electron chi connectivity index (χ2n) is 5.41. The highest BCUT2D eigenvalue weighted by molar-refractivity contribution is 7.08. The molecule has 1 fully saturated rings. The van der Waals surface area contributed by atoms with Crippen LogP contribution in [-0.2, 0) is 6.42 Å². The van der Waals surface area contributed by atoms with Crippen molar-refractivity contribution in [1.82, 2.24) is 19.8 Å². The van der Waals surface area contributed by atoms with E-state index < -0.39 is 0 Å². The molecule has 0 spiro atoms. The summed E-state index contributed by atoms with van der Waals surface area (Å²) < 4.78 is 3.87. The Labute approximate surface area is 118 Å². The molecule has 0 radical (unpaired) electrons. The van der Waals surface area contributed by atoms with Crippen LogP contribution in [0, 0.1) is 0 Å². The Bertz CT molecular complexity index is 438. The molecule has 19 heavy (non-hydrogen) atoms. The van der Waals surface area contributed by atoms with E-state index in [4.69, 9.17) is 0 Å². The maximum Gasteiger partial charge on any atom is 0.265 e. The smallest absolute Gasteiger partial charge is 0.265 e. The van der Waals surface area contributed by atoms with E-state index in [-0.39, 0.29) is 11.4 Å². The molecule has 0 aromatic carbocycles. The van der Waals surface area contributed by atoms with Crippen molar-refractivity contribution in [2.75, 3.05) is 20.6 Å². The SMILES string of the molecule is CCc1nnsc1C(=O)NCC1(N(C)C)CCCC1. The third-order valence-corrected chi connectivity index (χ3v) is 4.92. The van der Waals surface area contributed by atoms with Gasteiger partial charge in [-0.15, -0.1) is 5.10 Å². The number of nitrogens with one attached hydrogen (secondary N) is 1. The van der Waals surface area contributed by atoms with Crippen molar-refractivity contribution < 1.29 is 4.79 Å². The van der Waals surface area contributed by atoms with E-state index in [0.29, 0.717) is 11.4 Å². The molecule has 1 saturated carbocycles. The van der Waals surface area contributed by atoms with Gasteiger partial charge in [0.1, 0.15) is 4.88 Å². The molecule has 0 unspecified atom stereocenters. The lowest BCUT2D eigenvalue weighted by Crippen LogP contribution is -2.50. The van der Waals surface area contributed by atoms with E-state index in [2.05, 4.69) is 33.9 Å². The molecule has 106 valence electrons. The summed E-state index contributed by atoms with van der Waals surface area (Å²) in [4.78, 5) is 15.1. The molecule has 1 aromatic rings. The standard InChI is InChI=1S/C13H22N4OS/c1-4-10-11(19-16-15-10)12(18)14-9-13(17(2)3)7-5-6-8-13/h4-9H2,1-3H3,(H,14,18). The van der Waals surface area contributed by atoms with E-state index in [0.717, 1.165) is 25.0 Å². The molecule has 1 heterocycles. The Kier molecular flexibility index (Phi) is 4.52. The fourth-order valence-corrected chi connectivity index (χ4v) is 3.42. The van der Waals surface area contributed by atoms with Crippen LogP contribution in [0.5, 0.6) is 0 Å². The molecule has 1 aliphatic rings. The molecule has 1 aromatic heterocycles. The number of carbonyl (C=O) groups is 1. The van der Waals surface area contributed by atoms with Crippen molar-refractivity contribution in [3.63, 3.8) is 0 Å². The Balaban J connectivity index is 2.00. The van der Waals surface area contributed by atoms with Gasteiger partial charge in [-0.3, -0.25) is 4.79 Å². The largest absolute Gasteiger partial charge is 0.349 e. The van der Waals surface area contributed by atoms with Crippen LogP contribution in [0.25, 0.3) is 0 Å². The number of aryl methyl sites for hydroxylation is 1. The third-order valence-electron chi connectivity index (χ3n) is 4.16. The van der Waals surface area contributed by atoms with Gasteiger partial charge in [0.05, 0.1) is 5.69 Å². The van der Waals surface area contributed by atoms with Crippen LogP contribution in [0.15, 0.2) is 0 Å². The molecule has 0 aliphatic heterocycles. The maximum absolute atomic E-state index is 12.2. The Morgan fingerprint density at radius 1 is 1.42 bits per heavy atom. The van der Waals surface area contributed by atoms with Crippen LogP contribution in [-0.4, -0.2) is 46.6 Å². The van der Waals surface area contributed by atoms with Gasteiger partial charge in [0.2, 0.25) is 0 Å². The monoisotopic (exact) mass is 282 g/mol. The molecule has 6 heteroatoms. The van der Waals surface area contributed by atoms with Crippen LogP contribution >= 0.6 is 11.5 Å². The lowest BCUT2D eigenvalue weighted by Gasteiger charge is -2.36. The number of carbonyl (C=O) groups excluding carboxylic acids is 1. The average Bonchev–Trinajstić information content (AvgIpc) is 3.05. The fourth-order valence-electron chi connectivity index (χ4n) is 2.75. The number of rotatable bonds is 5. The Hall–Kier alpha value is -1.01. The van der Waals surface area contributed by atoms with Gasteiger partial charge in [0.25, 0.3) is 5.91 Å². The van der Waals surface area contributed by atoms with Gasteiger partial charge in [-0.05, 0) is 44.9 Å². The third kappa shape index (κ3) is 2.95. The topological polar surface area (TPSA) is 58.1 Å². The minimum atomic E-state index is -0.0278. The van der Waals surface area contributed by atoms with Crippen LogP contribution in [0.4, 0.5) is 0 Å². The number of hydrogen-bond donors (Lipinski definition) is 1. The van der Waals surface area contributed by atoms with E-state index >= 15 is 0 Å². The zero-order chi connectivity index (χ0) is 13.9. The number of likely N-dealkylation sites (N-methyl/N-ethyl adjacent to an activating group) is 1. The summed E-state index contributed by atoms with van der Waals surface area (Å²) in [7, 11) is 4.20. The lowest BCUT2D eigenvalue weighted by molar-refractivity contribution is 0.0903. The van der Waals surface area contributed by atoms with Crippen molar-refractivity contribution in [3.05, 3.63) is 10.6 Å². The first-order valence-electron chi connectivity index (χ1n) is 6.86. The van der Waals surface area contributed by atoms with Gasteiger partial charge in [-0.25, -0.2) is 0 Å². The first kappa shape index (κ1) is 14.4. The first-order chi connectivity index (χ1) is 9.09. The van der Waals surface area contributed by atoms with Crippen molar-refractivity contribution in [2.45, 2.75) is 44.6 Å². The molecule has 0 atom stereocenters. The maximum atomic E-state index is 12.2. The summed E-state index contributed by atoms with van der Waals surface area (Å²) in [6, 6.07) is 0. The number of hydrogen-bond acceptors (Lipinski definition) is 5. The number of nitrogens with zero attached hydrogens (tertiary/aromatic N) is 3. The van der Waals surface area contributed by atoms with E-state index in [9.17, 15) is 4.79 Å². The summed E-state index contributed by atoms with van der Waals surface area (Å²) in [5.41, 5.74) is 0.924. The summed E-state index contributed by atoms with van der Waals surface area (Å²) in [5.74, 6) is -0.0278. The van der Waals surface area contributed by atoms with Gasteiger partial charge in [-0.2, -0.15) is 0 Å². The van der Waals surface area contributed by atoms with Gasteiger partial charge >= 0.3 is 0 Å². The predicted octanol–water partition coefficient (Wildman–Crippen LogP) is 1.70. The van der Waals surface area contributed by atoms with E-state index in [1.54, 1.807) is 0 Å². The van der Waals surface area contributed by atoms with Crippen LogP contribution < -0.4 is 5.32 Å². The van der Waals surface area contributed by atoms with Crippen LogP contribution in [0.1, 0.15) is 48.0 Å². The molecular weight excluding hydrogens is 260 g/mol. The van der Waals surface area contributed by atoms with Crippen LogP contribution in [0.2, 0.25) is 0 Å². The fraction of sp³-hybridized carbons (Fsp3) is 0.769. The zero-order valence-electron chi connectivity index (χ0n) is 11.9. The number of amides is 1. The van der Waals surface area contributed by atoms with Gasteiger partial charge in [0, 0.05) is 12.1 Å². The molecule has 2 rings (SSSR count). The summed E-state index contributed by atoms with van der Waals surface area (Å²) >= 11 is 1.19. The Morgan fingerprint density at radius 3 is 2.68 bits per heavy atom. The minimum Gasteiger partial charge on any atom is -0.349 e. The highest BCUT2D eigenvalue weighted by Crippen LogP contribution is 2.33. The van der Waals surface area contributed by atoms with Crippen molar-refractivity contribution in [1.29, 1.82) is 0 Å². The van der Waals surface area contributed by atoms with E-state index in [1.165, 1.54) is 24.4 Å². The second kappa shape index (κ2) is 5.96. The minimum absolute atomic E-state index is 0.0278. The summed E-state index contributed by atoms with van der Waals surface area (Å²) in [6.45, 7) is 2.70. The molecular formula is C13H22N4OS. The first-order valence-corrected chi connectivity index (χ1v) is 7.63. The van der Waals surface area contributed by atoms with Crippen LogP contribution in [0.3, 0.4) is 0 Å². The van der Waals surface area contributed by atoms with Crippen molar-refractivity contribution in [3.8, 4) is 0 Å². The zero-order valence-corrected chi connectivity index (χ0v) is 12.7. The normalized spacial score (nSPS) is 17.9. The molecule has 0 bridgehead atoms. The average molecular weight is 282 g/mol. The van der Waals surface area contributed by atoms with E-state index in [1.807, 2.05) is 6.92 Å². The molecule has 5 nitrogen and oxygen atoms in total. The van der Waals surface area contributed by atoms with Crippen molar-refractivity contribution in [2.24, 2.45) is 0 Å². The van der Waals surface area contributed by atoms with Gasteiger partial charge < -0.3 is 10.2 Å². The molecule has 1 amide bonds. The summed E-state index contributed by atoms with van der Waals surface area (Å²) in [6.07, 6.45) is 5.55. The number of aromatic nitrogens is 2. The van der Waals surface area contributed by atoms with Crippen molar-refractivity contribution >= 4 is 17.4 Å². The van der Waals surface area contributed by atoms with Gasteiger partial charge in [0.15, 0.2) is 0 Å². The second-order valence-corrected chi connectivity index (χ2v) is 6.16. The molecule has 0 saturated heterocycles. The summed E-state index contributed by atoms with van der Waals surface area (Å²) in [5, 5.41) is 7.06. The molecule has 1 N–H and O–H groups in total. The molecule has 1 aliphatic carbocycles. The quantitative estimate of drug-likeness (QED) is 0.893. The highest BCUT2D eigenvalue weighted by atomic mass is 32.1. The lowest BCUT2D eigenvalue weighted by atomic mass is 9.96. The Morgan fingerprint density at radius 2 is 2.11 bits per heavy atom. The predicted molar refractivity (Wildman–Crippen MR) is 76.5 cm³/mol. The van der Waals surface area contributed by atoms with Gasteiger partial charge in [-0.1, -0.05) is 24.3 Å². The highest BCUT2D eigenvalue weighted by Gasteiger charge is 2.36.